The number of benzene rings is 1. The third-order valence-corrected chi connectivity index (χ3v) is 4.05. The van der Waals surface area contributed by atoms with Gasteiger partial charge in [-0.3, -0.25) is 0 Å². The average molecular weight is 297 g/mol. The molecule has 2 heterocycles. The first-order chi connectivity index (χ1) is 9.70. The molecule has 0 amide bonds. The molecular formula is C13H13F2N3OS. The van der Waals surface area contributed by atoms with Crippen LogP contribution in [0.25, 0.3) is 0 Å². The Bertz CT molecular complexity index is 579. The van der Waals surface area contributed by atoms with E-state index in [9.17, 15) is 8.78 Å². The lowest BCUT2D eigenvalue weighted by Gasteiger charge is -2.19. The molecule has 20 heavy (non-hydrogen) atoms. The van der Waals surface area contributed by atoms with E-state index in [-0.39, 0.29) is 12.5 Å². The minimum atomic E-state index is -0.603. The van der Waals surface area contributed by atoms with E-state index in [1.165, 1.54) is 12.1 Å². The average Bonchev–Trinajstić information content (AvgIpc) is 2.87. The van der Waals surface area contributed by atoms with Crippen LogP contribution in [0.15, 0.2) is 22.7 Å². The normalized spacial score (nSPS) is 19.2. The molecule has 1 N–H and O–H groups in total. The maximum atomic E-state index is 13.1. The summed E-state index contributed by atoms with van der Waals surface area (Å²) in [6, 6.07) is 3.44. The highest BCUT2D eigenvalue weighted by atomic mass is 32.2. The molecular weight excluding hydrogens is 284 g/mol. The number of hydrogen-bond acceptors (Lipinski definition) is 5. The van der Waals surface area contributed by atoms with Crippen LogP contribution >= 0.6 is 11.8 Å². The Morgan fingerprint density at radius 3 is 2.80 bits per heavy atom. The molecule has 0 aliphatic carbocycles. The molecule has 0 saturated carbocycles. The smallest absolute Gasteiger partial charge is 0.244 e. The summed E-state index contributed by atoms with van der Waals surface area (Å²) in [5.74, 6) is 1.71. The SMILES string of the molecule is Fc1cc(F)cc(Cc2noc(C3CSCCN3)n2)c1. The summed E-state index contributed by atoms with van der Waals surface area (Å²) in [7, 11) is 0. The molecule has 4 nitrogen and oxygen atoms in total. The molecule has 3 rings (SSSR count). The van der Waals surface area contributed by atoms with E-state index in [2.05, 4.69) is 15.5 Å². The van der Waals surface area contributed by atoms with Gasteiger partial charge in [0, 0.05) is 30.5 Å². The quantitative estimate of drug-likeness (QED) is 0.942. The number of rotatable bonds is 3. The Morgan fingerprint density at radius 2 is 2.10 bits per heavy atom. The van der Waals surface area contributed by atoms with E-state index in [4.69, 9.17) is 4.52 Å². The molecule has 1 fully saturated rings. The standard InChI is InChI=1S/C13H13F2N3OS/c14-9-3-8(4-10(15)6-9)5-12-17-13(19-18-12)11-7-20-2-1-16-11/h3-4,6,11,16H,1-2,5,7H2. The zero-order valence-electron chi connectivity index (χ0n) is 10.6. The van der Waals surface area contributed by atoms with Gasteiger partial charge in [0.2, 0.25) is 5.89 Å². The van der Waals surface area contributed by atoms with Crippen LogP contribution in [0.1, 0.15) is 23.3 Å². The molecule has 2 aromatic rings. The van der Waals surface area contributed by atoms with Crippen molar-refractivity contribution >= 4 is 11.8 Å². The monoisotopic (exact) mass is 297 g/mol. The first-order valence-electron chi connectivity index (χ1n) is 6.29. The first-order valence-corrected chi connectivity index (χ1v) is 7.45. The van der Waals surface area contributed by atoms with Crippen molar-refractivity contribution in [3.8, 4) is 0 Å². The van der Waals surface area contributed by atoms with E-state index in [1.807, 2.05) is 11.8 Å². The molecule has 1 unspecified atom stereocenters. The van der Waals surface area contributed by atoms with Crippen molar-refractivity contribution in [3.05, 3.63) is 47.1 Å². The molecule has 0 bridgehead atoms. The van der Waals surface area contributed by atoms with Crippen LogP contribution in [0.3, 0.4) is 0 Å². The Morgan fingerprint density at radius 1 is 1.30 bits per heavy atom. The van der Waals surface area contributed by atoms with Gasteiger partial charge in [0.1, 0.15) is 11.6 Å². The fourth-order valence-electron chi connectivity index (χ4n) is 2.10. The number of hydrogen-bond donors (Lipinski definition) is 1. The minimum Gasteiger partial charge on any atom is -0.338 e. The van der Waals surface area contributed by atoms with Crippen molar-refractivity contribution in [1.29, 1.82) is 0 Å². The van der Waals surface area contributed by atoms with Crippen LogP contribution in [-0.2, 0) is 6.42 Å². The summed E-state index contributed by atoms with van der Waals surface area (Å²) >= 11 is 1.83. The van der Waals surface area contributed by atoms with E-state index in [0.29, 0.717) is 17.3 Å². The minimum absolute atomic E-state index is 0.0549. The van der Waals surface area contributed by atoms with Crippen LogP contribution in [0.2, 0.25) is 0 Å². The molecule has 1 aromatic heterocycles. The molecule has 1 aromatic carbocycles. The molecule has 1 atom stereocenters. The van der Waals surface area contributed by atoms with Gasteiger partial charge < -0.3 is 9.84 Å². The fraction of sp³-hybridized carbons (Fsp3) is 0.385. The number of nitrogens with one attached hydrogen (secondary N) is 1. The molecule has 7 heteroatoms. The second-order valence-corrected chi connectivity index (χ2v) is 5.73. The van der Waals surface area contributed by atoms with Crippen molar-refractivity contribution in [1.82, 2.24) is 15.5 Å². The third-order valence-electron chi connectivity index (χ3n) is 2.99. The Hall–Kier alpha value is -1.47. The van der Waals surface area contributed by atoms with Crippen molar-refractivity contribution in [2.75, 3.05) is 18.1 Å². The van der Waals surface area contributed by atoms with Gasteiger partial charge >= 0.3 is 0 Å². The summed E-state index contributed by atoms with van der Waals surface area (Å²) in [5.41, 5.74) is 0.487. The summed E-state index contributed by atoms with van der Waals surface area (Å²) in [6.45, 7) is 0.905. The predicted octanol–water partition coefficient (Wildman–Crippen LogP) is 2.32. The molecule has 0 radical (unpaired) electrons. The second-order valence-electron chi connectivity index (χ2n) is 4.58. The Balaban J connectivity index is 1.73. The van der Waals surface area contributed by atoms with Crippen LogP contribution in [0, 0.1) is 11.6 Å². The highest BCUT2D eigenvalue weighted by Crippen LogP contribution is 2.21. The van der Waals surface area contributed by atoms with Crippen LogP contribution in [0.4, 0.5) is 8.78 Å². The van der Waals surface area contributed by atoms with Gasteiger partial charge in [-0.05, 0) is 17.7 Å². The Kier molecular flexibility index (Phi) is 3.98. The number of nitrogens with zero attached hydrogens (tertiary/aromatic N) is 2. The molecule has 0 spiro atoms. The van der Waals surface area contributed by atoms with Crippen LogP contribution < -0.4 is 5.32 Å². The number of aromatic nitrogens is 2. The third kappa shape index (κ3) is 3.16. The second kappa shape index (κ2) is 5.88. The largest absolute Gasteiger partial charge is 0.338 e. The van der Waals surface area contributed by atoms with E-state index in [1.54, 1.807) is 0 Å². The lowest BCUT2D eigenvalue weighted by atomic mass is 10.1. The lowest BCUT2D eigenvalue weighted by Crippen LogP contribution is -2.30. The molecule has 1 aliphatic rings. The highest BCUT2D eigenvalue weighted by molar-refractivity contribution is 7.99. The van der Waals surface area contributed by atoms with Gasteiger partial charge in [-0.1, -0.05) is 5.16 Å². The Labute approximate surface area is 118 Å². The number of thioether (sulfide) groups is 1. The zero-order valence-corrected chi connectivity index (χ0v) is 11.4. The summed E-state index contributed by atoms with van der Waals surface area (Å²) < 4.78 is 31.4. The molecule has 106 valence electrons. The van der Waals surface area contributed by atoms with Gasteiger partial charge in [0.05, 0.1) is 6.04 Å². The first kappa shape index (κ1) is 13.5. The zero-order chi connectivity index (χ0) is 13.9. The number of halogens is 2. The van der Waals surface area contributed by atoms with Crippen LogP contribution in [0.5, 0.6) is 0 Å². The molecule has 1 saturated heterocycles. The van der Waals surface area contributed by atoms with Crippen molar-refractivity contribution in [2.45, 2.75) is 12.5 Å². The summed E-state index contributed by atoms with van der Waals surface area (Å²) in [6.07, 6.45) is 0.248. The topological polar surface area (TPSA) is 51.0 Å². The summed E-state index contributed by atoms with van der Waals surface area (Å²) in [5, 5.41) is 7.16. The van der Waals surface area contributed by atoms with Gasteiger partial charge in [0.25, 0.3) is 0 Å². The predicted molar refractivity (Wildman–Crippen MR) is 71.5 cm³/mol. The van der Waals surface area contributed by atoms with E-state index < -0.39 is 11.6 Å². The maximum Gasteiger partial charge on any atom is 0.244 e. The lowest BCUT2D eigenvalue weighted by molar-refractivity contribution is 0.339. The van der Waals surface area contributed by atoms with Crippen LogP contribution in [-0.4, -0.2) is 28.2 Å². The molecule has 1 aliphatic heterocycles. The van der Waals surface area contributed by atoms with Gasteiger partial charge in [-0.15, -0.1) is 0 Å². The van der Waals surface area contributed by atoms with E-state index in [0.717, 1.165) is 24.1 Å². The highest BCUT2D eigenvalue weighted by Gasteiger charge is 2.21. The van der Waals surface area contributed by atoms with Crippen molar-refractivity contribution in [3.63, 3.8) is 0 Å². The fourth-order valence-corrected chi connectivity index (χ4v) is 3.03. The van der Waals surface area contributed by atoms with Gasteiger partial charge in [0.15, 0.2) is 5.82 Å². The van der Waals surface area contributed by atoms with E-state index >= 15 is 0 Å². The van der Waals surface area contributed by atoms with Gasteiger partial charge in [-0.25, -0.2) is 8.78 Å². The van der Waals surface area contributed by atoms with Crippen molar-refractivity contribution in [2.24, 2.45) is 0 Å². The van der Waals surface area contributed by atoms with Crippen molar-refractivity contribution < 1.29 is 13.3 Å². The van der Waals surface area contributed by atoms with Gasteiger partial charge in [-0.2, -0.15) is 16.7 Å². The summed E-state index contributed by atoms with van der Waals surface area (Å²) in [4.78, 5) is 4.29. The maximum absolute atomic E-state index is 13.1.